The van der Waals surface area contributed by atoms with Crippen molar-refractivity contribution in [2.45, 2.75) is 26.4 Å². The highest BCUT2D eigenvalue weighted by molar-refractivity contribution is 5.06. The molecule has 3 atom stereocenters. The van der Waals surface area contributed by atoms with E-state index < -0.39 is 0 Å². The molecule has 4 aliphatic rings. The molecule has 0 aromatic carbocycles. The molecule has 4 saturated heterocycles. The van der Waals surface area contributed by atoms with Gasteiger partial charge >= 0.3 is 0 Å². The molecule has 4 bridgehead atoms. The van der Waals surface area contributed by atoms with Crippen LogP contribution in [-0.4, -0.2) is 60.3 Å². The smallest absolute Gasteiger partial charge is 0.0673 e. The van der Waals surface area contributed by atoms with E-state index in [2.05, 4.69) is 23.6 Å². The summed E-state index contributed by atoms with van der Waals surface area (Å²) >= 11 is 0. The molecule has 0 amide bonds. The van der Waals surface area contributed by atoms with Crippen molar-refractivity contribution in [2.24, 2.45) is 17.3 Å². The van der Waals surface area contributed by atoms with Crippen LogP contribution in [0.25, 0.3) is 0 Å². The predicted octanol–water partition coefficient (Wildman–Crippen LogP) is 0.641. The molecular weight excluding hydrogens is 200 g/mol. The van der Waals surface area contributed by atoms with Crippen molar-refractivity contribution in [2.75, 3.05) is 39.3 Å². The summed E-state index contributed by atoms with van der Waals surface area (Å²) in [5.41, 5.74) is 0.172. The lowest BCUT2D eigenvalue weighted by Gasteiger charge is -2.54. The third-order valence-corrected chi connectivity index (χ3v) is 4.68. The van der Waals surface area contributed by atoms with Gasteiger partial charge in [-0.15, -0.1) is 0 Å². The van der Waals surface area contributed by atoms with Gasteiger partial charge in [-0.25, -0.2) is 0 Å². The summed E-state index contributed by atoms with van der Waals surface area (Å²) in [4.78, 5) is 5.18. The van der Waals surface area contributed by atoms with E-state index >= 15 is 0 Å². The van der Waals surface area contributed by atoms with Gasteiger partial charge in [0.2, 0.25) is 0 Å². The van der Waals surface area contributed by atoms with Gasteiger partial charge in [0.1, 0.15) is 0 Å². The summed E-state index contributed by atoms with van der Waals surface area (Å²) in [5.74, 6) is 1.19. The topological polar surface area (TPSA) is 26.7 Å². The Morgan fingerprint density at radius 2 is 1.75 bits per heavy atom. The van der Waals surface area contributed by atoms with E-state index in [4.69, 9.17) is 0 Å². The first-order chi connectivity index (χ1) is 7.59. The van der Waals surface area contributed by atoms with Crippen molar-refractivity contribution in [3.05, 3.63) is 0 Å². The first-order valence-corrected chi connectivity index (χ1v) is 6.72. The monoisotopic (exact) mass is 224 g/mol. The van der Waals surface area contributed by atoms with E-state index in [-0.39, 0.29) is 11.5 Å². The highest BCUT2D eigenvalue weighted by Gasteiger charge is 2.53. The Morgan fingerprint density at radius 1 is 1.19 bits per heavy atom. The van der Waals surface area contributed by atoms with E-state index in [0.717, 1.165) is 26.2 Å². The van der Waals surface area contributed by atoms with Crippen LogP contribution in [0.4, 0.5) is 0 Å². The summed E-state index contributed by atoms with van der Waals surface area (Å²) in [6.07, 6.45) is 1.12. The van der Waals surface area contributed by atoms with Gasteiger partial charge < -0.3 is 14.9 Å². The Bertz CT molecular complexity index is 263. The number of fused-ring (bicyclic) bond motifs is 1. The fraction of sp³-hybridized carbons (Fsp3) is 1.00. The van der Waals surface area contributed by atoms with Gasteiger partial charge in [-0.2, -0.15) is 0 Å². The lowest BCUT2D eigenvalue weighted by Crippen LogP contribution is -2.63. The zero-order valence-electron chi connectivity index (χ0n) is 10.5. The van der Waals surface area contributed by atoms with Crippen molar-refractivity contribution in [1.29, 1.82) is 0 Å². The van der Waals surface area contributed by atoms with Crippen LogP contribution in [-0.2, 0) is 0 Å². The van der Waals surface area contributed by atoms with Crippen LogP contribution in [0, 0.1) is 17.3 Å². The molecule has 0 radical (unpaired) electrons. The van der Waals surface area contributed by atoms with Gasteiger partial charge in [0.05, 0.1) is 6.10 Å². The van der Waals surface area contributed by atoms with Gasteiger partial charge in [0.15, 0.2) is 0 Å². The molecule has 4 aliphatic heterocycles. The second kappa shape index (κ2) is 3.69. The second-order valence-corrected chi connectivity index (χ2v) is 6.64. The minimum absolute atomic E-state index is 0.0551. The van der Waals surface area contributed by atoms with Crippen LogP contribution in [0.15, 0.2) is 0 Å². The summed E-state index contributed by atoms with van der Waals surface area (Å²) in [6, 6.07) is 0. The zero-order valence-corrected chi connectivity index (χ0v) is 10.5. The van der Waals surface area contributed by atoms with Crippen molar-refractivity contribution in [3.63, 3.8) is 0 Å². The molecule has 3 nitrogen and oxygen atoms in total. The molecule has 4 heterocycles. The van der Waals surface area contributed by atoms with Crippen LogP contribution in [0.1, 0.15) is 20.3 Å². The molecular formula is C13H24N2O. The summed E-state index contributed by atoms with van der Waals surface area (Å²) in [5, 5.41) is 10.6. The molecule has 2 unspecified atom stereocenters. The zero-order chi connectivity index (χ0) is 11.3. The number of rotatable bonds is 2. The lowest BCUT2D eigenvalue weighted by atomic mass is 9.66. The number of nitrogens with zero attached hydrogens (tertiary/aromatic N) is 2. The van der Waals surface area contributed by atoms with Gasteiger partial charge in [0.25, 0.3) is 0 Å². The SMILES string of the molecule is CC(C)CC12CN3CCN(CC(C3)[C@@H]1O)C2. The molecule has 0 saturated carbocycles. The quantitative estimate of drug-likeness (QED) is 0.746. The third kappa shape index (κ3) is 1.60. The highest BCUT2D eigenvalue weighted by atomic mass is 16.3. The number of aliphatic hydroxyl groups is 1. The van der Waals surface area contributed by atoms with E-state index in [1.165, 1.54) is 19.5 Å². The van der Waals surface area contributed by atoms with E-state index in [1.54, 1.807) is 0 Å². The average Bonchev–Trinajstić information content (AvgIpc) is 2.41. The largest absolute Gasteiger partial charge is 0.392 e. The molecule has 0 aliphatic carbocycles. The van der Waals surface area contributed by atoms with Crippen molar-refractivity contribution < 1.29 is 5.11 Å². The molecule has 4 fully saturated rings. The number of hydrogen-bond donors (Lipinski definition) is 1. The Morgan fingerprint density at radius 3 is 2.25 bits per heavy atom. The lowest BCUT2D eigenvalue weighted by molar-refractivity contribution is -0.124. The fourth-order valence-corrected chi connectivity index (χ4v) is 4.36. The standard InChI is InChI=1S/C13H24N2O/c1-10(2)5-13-8-14-3-4-15(9-13)7-11(6-14)12(13)16/h10-12,16H,3-9H2,1-2H3/t11?,12-,13?/m0/s1. The van der Waals surface area contributed by atoms with Crippen molar-refractivity contribution >= 4 is 0 Å². The Kier molecular flexibility index (Phi) is 2.54. The molecule has 0 spiro atoms. The van der Waals surface area contributed by atoms with Gasteiger partial charge in [-0.05, 0) is 12.3 Å². The first kappa shape index (κ1) is 11.0. The van der Waals surface area contributed by atoms with Gasteiger partial charge in [0, 0.05) is 50.6 Å². The minimum atomic E-state index is -0.0551. The minimum Gasteiger partial charge on any atom is -0.392 e. The Balaban J connectivity index is 1.90. The molecule has 4 rings (SSSR count). The molecule has 3 heteroatoms. The molecule has 0 aromatic rings. The Hall–Kier alpha value is -0.120. The average molecular weight is 224 g/mol. The molecule has 92 valence electrons. The number of hydrogen-bond acceptors (Lipinski definition) is 3. The normalized spacial score (nSPS) is 51.0. The van der Waals surface area contributed by atoms with Gasteiger partial charge in [-0.3, -0.25) is 0 Å². The maximum atomic E-state index is 10.6. The maximum Gasteiger partial charge on any atom is 0.0673 e. The highest BCUT2D eigenvalue weighted by Crippen LogP contribution is 2.44. The predicted molar refractivity (Wildman–Crippen MR) is 64.3 cm³/mol. The third-order valence-electron chi connectivity index (χ3n) is 4.68. The van der Waals surface area contributed by atoms with Crippen molar-refractivity contribution in [3.8, 4) is 0 Å². The fourth-order valence-electron chi connectivity index (χ4n) is 4.36. The maximum absolute atomic E-state index is 10.6. The van der Waals surface area contributed by atoms with Crippen LogP contribution in [0.2, 0.25) is 0 Å². The van der Waals surface area contributed by atoms with Crippen LogP contribution in [0.5, 0.6) is 0 Å². The Labute approximate surface area is 98.4 Å². The summed E-state index contributed by atoms with van der Waals surface area (Å²) in [7, 11) is 0. The first-order valence-electron chi connectivity index (χ1n) is 6.72. The molecule has 16 heavy (non-hydrogen) atoms. The van der Waals surface area contributed by atoms with Crippen LogP contribution in [0.3, 0.4) is 0 Å². The van der Waals surface area contributed by atoms with E-state index in [1.807, 2.05) is 0 Å². The second-order valence-electron chi connectivity index (χ2n) is 6.64. The number of aliphatic hydroxyl groups excluding tert-OH is 1. The van der Waals surface area contributed by atoms with Gasteiger partial charge in [-0.1, -0.05) is 13.8 Å². The summed E-state index contributed by atoms with van der Waals surface area (Å²) in [6.45, 7) is 11.5. The van der Waals surface area contributed by atoms with Crippen LogP contribution < -0.4 is 0 Å². The molecule has 1 N–H and O–H groups in total. The molecule has 0 aromatic heterocycles. The number of piperidine rings is 2. The van der Waals surface area contributed by atoms with Crippen molar-refractivity contribution in [1.82, 2.24) is 9.80 Å². The van der Waals surface area contributed by atoms with E-state index in [0.29, 0.717) is 11.8 Å². The van der Waals surface area contributed by atoms with Crippen LogP contribution >= 0.6 is 0 Å². The summed E-state index contributed by atoms with van der Waals surface area (Å²) < 4.78 is 0. The van der Waals surface area contributed by atoms with E-state index in [9.17, 15) is 5.11 Å².